The Bertz CT molecular complexity index is 465. The van der Waals surface area contributed by atoms with E-state index in [-0.39, 0.29) is 12.8 Å². The molecule has 0 saturated heterocycles. The second kappa shape index (κ2) is 5.55. The fourth-order valence-corrected chi connectivity index (χ4v) is 2.84. The van der Waals surface area contributed by atoms with Crippen LogP contribution >= 0.6 is 0 Å². The Morgan fingerprint density at radius 2 is 1.50 bits per heavy atom. The summed E-state index contributed by atoms with van der Waals surface area (Å²) >= 11 is 0. The molecule has 0 aromatic carbocycles. The van der Waals surface area contributed by atoms with Crippen molar-refractivity contribution < 1.29 is 39.7 Å². The molecule has 10 heteroatoms. The van der Waals surface area contributed by atoms with Crippen molar-refractivity contribution in [3.8, 4) is 0 Å². The Balaban J connectivity index is 3.17. The van der Waals surface area contributed by atoms with E-state index in [9.17, 15) is 35.2 Å². The molecule has 1 N–H and O–H groups in total. The molecule has 1 fully saturated rings. The summed E-state index contributed by atoms with van der Waals surface area (Å²) in [5.74, 6) is -7.17. The molecule has 1 rings (SSSR count). The number of Topliss-reactive ketones (excluding diaryl/α,β-unsaturated/α-hetero) is 1. The van der Waals surface area contributed by atoms with Crippen LogP contribution in [0.15, 0.2) is 0 Å². The molecule has 0 bridgehead atoms. The van der Waals surface area contributed by atoms with E-state index in [1.807, 2.05) is 0 Å². The second-order valence-corrected chi connectivity index (χ2v) is 6.24. The predicted octanol–water partition coefficient (Wildman–Crippen LogP) is 2.79. The summed E-state index contributed by atoms with van der Waals surface area (Å²) < 4.78 is 93.9. The maximum Gasteiger partial charge on any atom is 0.405 e. The van der Waals surface area contributed by atoms with Crippen molar-refractivity contribution in [3.05, 3.63) is 0 Å². The van der Waals surface area contributed by atoms with Gasteiger partial charge in [-0.15, -0.1) is 0 Å². The van der Waals surface area contributed by atoms with Crippen LogP contribution in [0.25, 0.3) is 0 Å². The minimum Gasteiger partial charge on any atom is -0.298 e. The molecule has 1 unspecified atom stereocenters. The fraction of sp³-hybridized carbons (Fsp3) is 0.900. The summed E-state index contributed by atoms with van der Waals surface area (Å²) in [5.41, 5.74) is 0. The lowest BCUT2D eigenvalue weighted by Crippen LogP contribution is -2.51. The molecule has 1 atom stereocenters. The van der Waals surface area contributed by atoms with Crippen molar-refractivity contribution in [1.29, 1.82) is 0 Å². The molecule has 118 valence electrons. The molecule has 1 saturated carbocycles. The van der Waals surface area contributed by atoms with Crippen LogP contribution in [0.2, 0.25) is 0 Å². The predicted molar refractivity (Wildman–Crippen MR) is 57.6 cm³/mol. The zero-order chi connectivity index (χ0) is 15.8. The van der Waals surface area contributed by atoms with E-state index in [2.05, 4.69) is 0 Å². The van der Waals surface area contributed by atoms with Crippen molar-refractivity contribution in [3.63, 3.8) is 0 Å². The second-order valence-electron chi connectivity index (χ2n) is 4.75. The van der Waals surface area contributed by atoms with E-state index in [0.717, 1.165) is 0 Å². The van der Waals surface area contributed by atoms with Gasteiger partial charge in [0.25, 0.3) is 0 Å². The largest absolute Gasteiger partial charge is 0.405 e. The topological polar surface area (TPSA) is 71.4 Å². The SMILES string of the molecule is O=C(C1CCCCC1)C(C(F)(F)F)C(F)(F)S(=O)(=O)O. The number of alkyl halides is 5. The van der Waals surface area contributed by atoms with E-state index in [0.29, 0.717) is 19.3 Å². The van der Waals surface area contributed by atoms with Crippen LogP contribution in [0.1, 0.15) is 32.1 Å². The highest BCUT2D eigenvalue weighted by Crippen LogP contribution is 2.44. The molecule has 0 aliphatic heterocycles. The van der Waals surface area contributed by atoms with Gasteiger partial charge in [-0.2, -0.15) is 30.4 Å². The van der Waals surface area contributed by atoms with Crippen LogP contribution in [0, 0.1) is 11.8 Å². The Kier molecular flexibility index (Phi) is 4.79. The first-order valence-electron chi connectivity index (χ1n) is 5.84. The van der Waals surface area contributed by atoms with E-state index in [4.69, 9.17) is 4.55 Å². The van der Waals surface area contributed by atoms with E-state index in [1.54, 1.807) is 0 Å². The highest BCUT2D eigenvalue weighted by Gasteiger charge is 2.66. The maximum atomic E-state index is 13.3. The van der Waals surface area contributed by atoms with Gasteiger partial charge in [0.2, 0.25) is 0 Å². The normalized spacial score (nSPS) is 20.7. The molecule has 0 amide bonds. The molecule has 0 heterocycles. The van der Waals surface area contributed by atoms with Crippen LogP contribution in [-0.4, -0.2) is 30.2 Å². The van der Waals surface area contributed by atoms with E-state index >= 15 is 0 Å². The van der Waals surface area contributed by atoms with Crippen LogP contribution < -0.4 is 0 Å². The number of hydrogen-bond donors (Lipinski definition) is 1. The zero-order valence-corrected chi connectivity index (χ0v) is 11.0. The van der Waals surface area contributed by atoms with Gasteiger partial charge in [-0.1, -0.05) is 19.3 Å². The van der Waals surface area contributed by atoms with Crippen molar-refractivity contribution in [2.45, 2.75) is 43.5 Å². The standard InChI is InChI=1S/C10H13F5O4S/c11-9(12,13)8(10(14,15)20(17,18)19)7(16)6-4-2-1-3-5-6/h6,8H,1-5H2,(H,17,18,19). The third-order valence-corrected chi connectivity index (χ3v) is 4.22. The summed E-state index contributed by atoms with van der Waals surface area (Å²) in [6.45, 7) is 0. The minimum atomic E-state index is -6.34. The smallest absolute Gasteiger partial charge is 0.298 e. The average molecular weight is 324 g/mol. The van der Waals surface area contributed by atoms with Crippen molar-refractivity contribution in [2.75, 3.05) is 0 Å². The molecule has 0 aromatic heterocycles. The highest BCUT2D eigenvalue weighted by atomic mass is 32.2. The van der Waals surface area contributed by atoms with Gasteiger partial charge in [0.1, 0.15) is 0 Å². The van der Waals surface area contributed by atoms with Gasteiger partial charge < -0.3 is 0 Å². The van der Waals surface area contributed by atoms with Gasteiger partial charge in [0, 0.05) is 5.92 Å². The summed E-state index contributed by atoms with van der Waals surface area (Å²) in [6.07, 6.45) is -4.24. The van der Waals surface area contributed by atoms with Crippen LogP contribution in [0.4, 0.5) is 22.0 Å². The van der Waals surface area contributed by atoms with Crippen molar-refractivity contribution >= 4 is 15.9 Å². The molecule has 1 aliphatic carbocycles. The molecular formula is C10H13F5O4S. The average Bonchev–Trinajstić information content (AvgIpc) is 2.26. The number of rotatable bonds is 4. The van der Waals surface area contributed by atoms with Gasteiger partial charge in [-0.05, 0) is 12.8 Å². The van der Waals surface area contributed by atoms with Gasteiger partial charge in [-0.3, -0.25) is 9.35 Å². The molecule has 0 radical (unpaired) electrons. The van der Waals surface area contributed by atoms with Crippen molar-refractivity contribution in [2.24, 2.45) is 11.8 Å². The molecule has 0 spiro atoms. The number of halogens is 5. The lowest BCUT2D eigenvalue weighted by atomic mass is 9.81. The summed E-state index contributed by atoms with van der Waals surface area (Å²) in [6, 6.07) is 0. The fourth-order valence-electron chi connectivity index (χ4n) is 2.29. The van der Waals surface area contributed by atoms with Crippen LogP contribution in [0.3, 0.4) is 0 Å². The number of hydrogen-bond acceptors (Lipinski definition) is 3. The number of carbonyl (C=O) groups is 1. The van der Waals surface area contributed by atoms with Crippen molar-refractivity contribution in [1.82, 2.24) is 0 Å². The number of ketones is 1. The molecule has 4 nitrogen and oxygen atoms in total. The maximum absolute atomic E-state index is 13.3. The first-order valence-corrected chi connectivity index (χ1v) is 7.28. The Hall–Kier alpha value is -0.770. The molecule has 1 aliphatic rings. The lowest BCUT2D eigenvalue weighted by Gasteiger charge is -2.30. The van der Waals surface area contributed by atoms with E-state index in [1.165, 1.54) is 0 Å². The van der Waals surface area contributed by atoms with Crippen LogP contribution in [-0.2, 0) is 14.9 Å². The number of carbonyl (C=O) groups excluding carboxylic acids is 1. The zero-order valence-electron chi connectivity index (χ0n) is 10.2. The Morgan fingerprint density at radius 3 is 1.85 bits per heavy atom. The third-order valence-electron chi connectivity index (χ3n) is 3.30. The van der Waals surface area contributed by atoms with Gasteiger partial charge in [-0.25, -0.2) is 0 Å². The van der Waals surface area contributed by atoms with E-state index < -0.39 is 39.2 Å². The summed E-state index contributed by atoms with van der Waals surface area (Å²) in [7, 11) is -6.34. The molecule has 0 aromatic rings. The molecule has 20 heavy (non-hydrogen) atoms. The van der Waals surface area contributed by atoms with Crippen LogP contribution in [0.5, 0.6) is 0 Å². The quantitative estimate of drug-likeness (QED) is 0.637. The van der Waals surface area contributed by atoms with Gasteiger partial charge in [0.05, 0.1) is 0 Å². The summed E-state index contributed by atoms with van der Waals surface area (Å²) in [5, 5.41) is -5.58. The monoisotopic (exact) mass is 324 g/mol. The minimum absolute atomic E-state index is 0.00691. The first-order chi connectivity index (χ1) is 8.89. The summed E-state index contributed by atoms with van der Waals surface area (Å²) in [4.78, 5) is 11.7. The first kappa shape index (κ1) is 17.3. The van der Waals surface area contributed by atoms with Gasteiger partial charge >= 0.3 is 21.5 Å². The molecular weight excluding hydrogens is 311 g/mol. The third kappa shape index (κ3) is 3.46. The Labute approximate surface area is 112 Å². The Morgan fingerprint density at radius 1 is 1.05 bits per heavy atom. The highest BCUT2D eigenvalue weighted by molar-refractivity contribution is 7.86. The van der Waals surface area contributed by atoms with Gasteiger partial charge in [0.15, 0.2) is 11.7 Å². The lowest BCUT2D eigenvalue weighted by molar-refractivity contribution is -0.218.